The fourth-order valence-electron chi connectivity index (χ4n) is 2.71. The molecule has 1 aromatic rings. The van der Waals surface area contributed by atoms with Gasteiger partial charge in [-0.3, -0.25) is 5.10 Å². The first-order valence-corrected chi connectivity index (χ1v) is 7.66. The molecule has 2 unspecified atom stereocenters. The maximum Gasteiger partial charge on any atom is 0.407 e. The Morgan fingerprint density at radius 1 is 1.43 bits per heavy atom. The third-order valence-corrected chi connectivity index (χ3v) is 3.67. The third-order valence-electron chi connectivity index (χ3n) is 3.67. The number of carbonyl (C=O) groups is 1. The largest absolute Gasteiger partial charge is 0.444 e. The van der Waals surface area contributed by atoms with E-state index in [9.17, 15) is 4.79 Å². The Morgan fingerprint density at radius 2 is 2.19 bits per heavy atom. The van der Waals surface area contributed by atoms with Gasteiger partial charge in [0.2, 0.25) is 0 Å². The van der Waals surface area contributed by atoms with Gasteiger partial charge in [-0.2, -0.15) is 5.10 Å². The van der Waals surface area contributed by atoms with Crippen LogP contribution < -0.4 is 10.6 Å². The molecular formula is C15H26N4O2. The van der Waals surface area contributed by atoms with Crippen molar-refractivity contribution in [3.63, 3.8) is 0 Å². The fraction of sp³-hybridized carbons (Fsp3) is 0.733. The Kier molecular flexibility index (Phi) is 5.09. The Hall–Kier alpha value is -1.72. The number of H-pyrrole nitrogens is 1. The summed E-state index contributed by atoms with van der Waals surface area (Å²) >= 11 is 0. The van der Waals surface area contributed by atoms with E-state index in [4.69, 9.17) is 4.74 Å². The van der Waals surface area contributed by atoms with Crippen LogP contribution in [0.5, 0.6) is 0 Å². The van der Waals surface area contributed by atoms with Crippen molar-refractivity contribution in [2.45, 2.75) is 58.1 Å². The maximum absolute atomic E-state index is 11.8. The van der Waals surface area contributed by atoms with E-state index in [2.05, 4.69) is 20.8 Å². The first-order chi connectivity index (χ1) is 9.94. The minimum absolute atomic E-state index is 0.338. The van der Waals surface area contributed by atoms with E-state index in [1.807, 2.05) is 27.0 Å². The molecule has 21 heavy (non-hydrogen) atoms. The van der Waals surface area contributed by atoms with Crippen molar-refractivity contribution in [1.82, 2.24) is 15.5 Å². The number of ether oxygens (including phenoxy) is 1. The number of nitrogens with zero attached hydrogens (tertiary/aromatic N) is 1. The Morgan fingerprint density at radius 3 is 2.86 bits per heavy atom. The zero-order valence-electron chi connectivity index (χ0n) is 13.1. The monoisotopic (exact) mass is 294 g/mol. The first-order valence-electron chi connectivity index (χ1n) is 7.66. The predicted molar refractivity (Wildman–Crippen MR) is 82.2 cm³/mol. The van der Waals surface area contributed by atoms with Crippen LogP contribution in [0.3, 0.4) is 0 Å². The van der Waals surface area contributed by atoms with E-state index in [1.165, 1.54) is 12.8 Å². The molecule has 1 saturated carbocycles. The minimum Gasteiger partial charge on any atom is -0.444 e. The quantitative estimate of drug-likeness (QED) is 0.797. The van der Waals surface area contributed by atoms with Crippen molar-refractivity contribution in [3.05, 3.63) is 12.4 Å². The van der Waals surface area contributed by atoms with E-state index < -0.39 is 5.60 Å². The van der Waals surface area contributed by atoms with Gasteiger partial charge in [-0.05, 0) is 39.5 Å². The summed E-state index contributed by atoms with van der Waals surface area (Å²) in [6, 6.07) is 0.367. The molecule has 118 valence electrons. The molecule has 1 aromatic heterocycles. The summed E-state index contributed by atoms with van der Waals surface area (Å²) in [4.78, 5) is 11.8. The Bertz CT molecular complexity index is 439. The standard InChI is InChI=1S/C15H26N4O2/c1-15(2,3)21-14(20)16-8-11-6-4-5-7-13(11)19-12-9-17-18-10-12/h9-11,13,19H,4-8H2,1-3H3,(H,16,20)(H,17,18). The van der Waals surface area contributed by atoms with E-state index in [0.29, 0.717) is 18.5 Å². The average molecular weight is 294 g/mol. The molecule has 0 spiro atoms. The van der Waals surface area contributed by atoms with Crippen molar-refractivity contribution in [1.29, 1.82) is 0 Å². The average Bonchev–Trinajstić information content (AvgIpc) is 2.88. The highest BCUT2D eigenvalue weighted by Crippen LogP contribution is 2.26. The fourth-order valence-corrected chi connectivity index (χ4v) is 2.71. The van der Waals surface area contributed by atoms with Crippen molar-refractivity contribution in [2.75, 3.05) is 11.9 Å². The minimum atomic E-state index is -0.453. The number of aromatic amines is 1. The molecule has 6 heteroatoms. The summed E-state index contributed by atoms with van der Waals surface area (Å²) < 4.78 is 5.28. The number of alkyl carbamates (subject to hydrolysis) is 1. The molecule has 2 rings (SSSR count). The number of hydrogen-bond donors (Lipinski definition) is 3. The molecule has 0 radical (unpaired) electrons. The van der Waals surface area contributed by atoms with Gasteiger partial charge in [0, 0.05) is 18.8 Å². The zero-order chi connectivity index (χ0) is 15.3. The van der Waals surface area contributed by atoms with Crippen LogP contribution in [-0.4, -0.2) is 34.5 Å². The number of carbonyl (C=O) groups excluding carboxylic acids is 1. The van der Waals surface area contributed by atoms with Crippen LogP contribution in [0.15, 0.2) is 12.4 Å². The van der Waals surface area contributed by atoms with Crippen LogP contribution >= 0.6 is 0 Å². The summed E-state index contributed by atoms with van der Waals surface area (Å²) in [6.07, 6.45) is 7.97. The van der Waals surface area contributed by atoms with Crippen molar-refractivity contribution in [3.8, 4) is 0 Å². The maximum atomic E-state index is 11.8. The lowest BCUT2D eigenvalue weighted by molar-refractivity contribution is 0.0514. The Balaban J connectivity index is 1.83. The highest BCUT2D eigenvalue weighted by molar-refractivity contribution is 5.67. The van der Waals surface area contributed by atoms with Crippen LogP contribution in [-0.2, 0) is 4.74 Å². The van der Waals surface area contributed by atoms with Crippen molar-refractivity contribution >= 4 is 11.8 Å². The lowest BCUT2D eigenvalue weighted by Gasteiger charge is -2.32. The van der Waals surface area contributed by atoms with Gasteiger partial charge in [0.05, 0.1) is 11.9 Å². The molecule has 0 aromatic carbocycles. The summed E-state index contributed by atoms with van der Waals surface area (Å²) in [7, 11) is 0. The molecule has 2 atom stereocenters. The normalized spacial score (nSPS) is 22.6. The lowest BCUT2D eigenvalue weighted by atomic mass is 9.84. The molecule has 6 nitrogen and oxygen atoms in total. The SMILES string of the molecule is CC(C)(C)OC(=O)NCC1CCCCC1Nc1cn[nH]c1. The van der Waals surface area contributed by atoms with Gasteiger partial charge in [0.1, 0.15) is 5.60 Å². The molecule has 3 N–H and O–H groups in total. The second-order valence-corrected chi connectivity index (χ2v) is 6.67. The van der Waals surface area contributed by atoms with Crippen LogP contribution in [0.25, 0.3) is 0 Å². The second kappa shape index (κ2) is 6.83. The second-order valence-electron chi connectivity index (χ2n) is 6.67. The predicted octanol–water partition coefficient (Wildman–Crippen LogP) is 2.91. The summed E-state index contributed by atoms with van der Waals surface area (Å²) in [5.41, 5.74) is 0.551. The summed E-state index contributed by atoms with van der Waals surface area (Å²) in [5, 5.41) is 13.1. The highest BCUT2D eigenvalue weighted by atomic mass is 16.6. The van der Waals surface area contributed by atoms with Gasteiger partial charge in [0.15, 0.2) is 0 Å². The summed E-state index contributed by atoms with van der Waals surface area (Å²) in [5.74, 6) is 0.418. The van der Waals surface area contributed by atoms with E-state index >= 15 is 0 Å². The van der Waals surface area contributed by atoms with Crippen LogP contribution in [0.1, 0.15) is 46.5 Å². The van der Waals surface area contributed by atoms with Gasteiger partial charge in [-0.25, -0.2) is 4.79 Å². The molecule has 1 amide bonds. The van der Waals surface area contributed by atoms with E-state index in [1.54, 1.807) is 6.20 Å². The molecule has 1 fully saturated rings. The molecule has 1 aliphatic carbocycles. The summed E-state index contributed by atoms with van der Waals surface area (Å²) in [6.45, 7) is 6.26. The molecule has 0 aliphatic heterocycles. The van der Waals surface area contributed by atoms with Gasteiger partial charge in [-0.15, -0.1) is 0 Å². The lowest BCUT2D eigenvalue weighted by Crippen LogP contribution is -2.42. The van der Waals surface area contributed by atoms with Crippen LogP contribution in [0, 0.1) is 5.92 Å². The third kappa shape index (κ3) is 5.28. The van der Waals surface area contributed by atoms with Gasteiger partial charge >= 0.3 is 6.09 Å². The van der Waals surface area contributed by atoms with Gasteiger partial charge in [0.25, 0.3) is 0 Å². The Labute approximate surface area is 126 Å². The molecule has 0 bridgehead atoms. The molecular weight excluding hydrogens is 268 g/mol. The number of hydrogen-bond acceptors (Lipinski definition) is 4. The van der Waals surface area contributed by atoms with Crippen LogP contribution in [0.4, 0.5) is 10.5 Å². The smallest absolute Gasteiger partial charge is 0.407 e. The highest BCUT2D eigenvalue weighted by Gasteiger charge is 2.26. The van der Waals surface area contributed by atoms with Crippen molar-refractivity contribution < 1.29 is 9.53 Å². The van der Waals surface area contributed by atoms with Gasteiger partial charge in [-0.1, -0.05) is 12.8 Å². The number of nitrogens with one attached hydrogen (secondary N) is 3. The molecule has 1 heterocycles. The number of amides is 1. The van der Waals surface area contributed by atoms with E-state index in [-0.39, 0.29) is 6.09 Å². The number of aromatic nitrogens is 2. The number of anilines is 1. The molecule has 1 aliphatic rings. The number of rotatable bonds is 4. The first kappa shape index (κ1) is 15.7. The van der Waals surface area contributed by atoms with Gasteiger partial charge < -0.3 is 15.4 Å². The van der Waals surface area contributed by atoms with Crippen molar-refractivity contribution in [2.24, 2.45) is 5.92 Å². The van der Waals surface area contributed by atoms with Crippen LogP contribution in [0.2, 0.25) is 0 Å². The zero-order valence-corrected chi connectivity index (χ0v) is 13.1. The molecule has 0 saturated heterocycles. The topological polar surface area (TPSA) is 79.0 Å². The van der Waals surface area contributed by atoms with E-state index in [0.717, 1.165) is 18.5 Å².